The van der Waals surface area contributed by atoms with E-state index in [1.165, 1.54) is 18.2 Å². The summed E-state index contributed by atoms with van der Waals surface area (Å²) >= 11 is 5.83. The molecule has 1 unspecified atom stereocenters. The Morgan fingerprint density at radius 3 is 2.89 bits per heavy atom. The molecule has 5 nitrogen and oxygen atoms in total. The number of benzene rings is 1. The first-order valence-corrected chi connectivity index (χ1v) is 7.60. The van der Waals surface area contributed by atoms with Crippen LogP contribution in [0.2, 0.25) is 5.02 Å². The molecule has 100 valence electrons. The highest BCUT2D eigenvalue weighted by Gasteiger charge is 2.24. The summed E-state index contributed by atoms with van der Waals surface area (Å²) in [6.07, 6.45) is 1.32. The number of anilines is 1. The highest BCUT2D eigenvalue weighted by molar-refractivity contribution is 7.92. The fraction of sp³-hybridized carbons (Fsp3) is 0.455. The van der Waals surface area contributed by atoms with E-state index in [1.54, 1.807) is 0 Å². The van der Waals surface area contributed by atoms with E-state index in [0.717, 1.165) is 12.8 Å². The van der Waals surface area contributed by atoms with Gasteiger partial charge in [-0.3, -0.25) is 4.72 Å². The minimum absolute atomic E-state index is 0.0113. The summed E-state index contributed by atoms with van der Waals surface area (Å²) in [6, 6.07) is 4.41. The molecule has 0 radical (unpaired) electrons. The van der Waals surface area contributed by atoms with E-state index in [9.17, 15) is 13.5 Å². The van der Waals surface area contributed by atoms with Crippen molar-refractivity contribution in [2.75, 3.05) is 17.1 Å². The SMILES string of the molecule is O=S(=O)(CC1CCCO1)Nc1c(O)cccc1Cl. The third kappa shape index (κ3) is 3.28. The lowest BCUT2D eigenvalue weighted by Crippen LogP contribution is -2.25. The van der Waals surface area contributed by atoms with Crippen LogP contribution in [0.25, 0.3) is 0 Å². The Hall–Kier alpha value is -0.980. The van der Waals surface area contributed by atoms with Crippen molar-refractivity contribution in [1.82, 2.24) is 0 Å². The maximum Gasteiger partial charge on any atom is 0.235 e. The van der Waals surface area contributed by atoms with Crippen LogP contribution in [0.15, 0.2) is 18.2 Å². The summed E-state index contributed by atoms with van der Waals surface area (Å²) in [5, 5.41) is 9.73. The molecule has 0 aliphatic carbocycles. The molecule has 2 rings (SSSR count). The van der Waals surface area contributed by atoms with Crippen molar-refractivity contribution in [3.8, 4) is 5.75 Å². The fourth-order valence-corrected chi connectivity index (χ4v) is 3.47. The van der Waals surface area contributed by atoms with Crippen LogP contribution in [0.5, 0.6) is 5.75 Å². The van der Waals surface area contributed by atoms with Crippen LogP contribution in [0.1, 0.15) is 12.8 Å². The lowest BCUT2D eigenvalue weighted by molar-refractivity contribution is 0.127. The number of para-hydroxylation sites is 1. The lowest BCUT2D eigenvalue weighted by Gasteiger charge is -2.13. The summed E-state index contributed by atoms with van der Waals surface area (Å²) in [4.78, 5) is 0. The average Bonchev–Trinajstić information content (AvgIpc) is 2.75. The molecule has 1 aliphatic rings. The molecule has 1 aromatic rings. The molecule has 0 saturated carbocycles. The molecular formula is C11H14ClNO4S. The van der Waals surface area contributed by atoms with Gasteiger partial charge in [0.15, 0.2) is 0 Å². The van der Waals surface area contributed by atoms with Gasteiger partial charge in [0.05, 0.1) is 16.9 Å². The first-order chi connectivity index (χ1) is 8.48. The number of ether oxygens (including phenoxy) is 1. The highest BCUT2D eigenvalue weighted by Crippen LogP contribution is 2.32. The van der Waals surface area contributed by atoms with Crippen LogP contribution >= 0.6 is 11.6 Å². The fourth-order valence-electron chi connectivity index (χ4n) is 1.83. The number of nitrogens with one attached hydrogen (secondary N) is 1. The minimum Gasteiger partial charge on any atom is -0.506 e. The third-order valence-corrected chi connectivity index (χ3v) is 4.32. The molecule has 1 saturated heterocycles. The molecule has 1 heterocycles. The Morgan fingerprint density at radius 2 is 2.28 bits per heavy atom. The number of aromatic hydroxyl groups is 1. The van der Waals surface area contributed by atoms with Gasteiger partial charge in [-0.05, 0) is 25.0 Å². The Bertz CT molecular complexity index is 506. The van der Waals surface area contributed by atoms with Gasteiger partial charge in [0, 0.05) is 6.61 Å². The zero-order valence-electron chi connectivity index (χ0n) is 9.60. The maximum atomic E-state index is 11.9. The monoisotopic (exact) mass is 291 g/mol. The Kier molecular flexibility index (Phi) is 3.99. The van der Waals surface area contributed by atoms with Gasteiger partial charge in [-0.15, -0.1) is 0 Å². The lowest BCUT2D eigenvalue weighted by atomic mass is 10.3. The van der Waals surface area contributed by atoms with Crippen molar-refractivity contribution < 1.29 is 18.3 Å². The van der Waals surface area contributed by atoms with Crippen molar-refractivity contribution in [2.45, 2.75) is 18.9 Å². The molecule has 2 N–H and O–H groups in total. The van der Waals surface area contributed by atoms with E-state index < -0.39 is 10.0 Å². The number of rotatable bonds is 4. The Labute approximate surface area is 111 Å². The van der Waals surface area contributed by atoms with E-state index in [2.05, 4.69) is 4.72 Å². The number of phenols is 1. The van der Waals surface area contributed by atoms with Gasteiger partial charge >= 0.3 is 0 Å². The highest BCUT2D eigenvalue weighted by atomic mass is 35.5. The second kappa shape index (κ2) is 5.34. The molecular weight excluding hydrogens is 278 g/mol. The summed E-state index contributed by atoms with van der Waals surface area (Å²) in [6.45, 7) is 0.595. The predicted molar refractivity (Wildman–Crippen MR) is 69.5 cm³/mol. The molecule has 1 aromatic carbocycles. The van der Waals surface area contributed by atoms with E-state index in [1.807, 2.05) is 0 Å². The summed E-state index contributed by atoms with van der Waals surface area (Å²) in [5.41, 5.74) is 0.0113. The zero-order chi connectivity index (χ0) is 13.2. The van der Waals surface area contributed by atoms with Gasteiger partial charge in [0.2, 0.25) is 10.0 Å². The second-order valence-corrected chi connectivity index (χ2v) is 6.33. The van der Waals surface area contributed by atoms with E-state index >= 15 is 0 Å². The van der Waals surface area contributed by atoms with Crippen molar-refractivity contribution in [1.29, 1.82) is 0 Å². The normalized spacial score (nSPS) is 19.9. The number of phenolic OH excluding ortho intramolecular Hbond substituents is 1. The van der Waals surface area contributed by atoms with Gasteiger partial charge in [-0.25, -0.2) is 8.42 Å². The molecule has 0 spiro atoms. The van der Waals surface area contributed by atoms with E-state index in [0.29, 0.717) is 6.61 Å². The molecule has 0 aromatic heterocycles. The van der Waals surface area contributed by atoms with Crippen LogP contribution in [0.4, 0.5) is 5.69 Å². The summed E-state index contributed by atoms with van der Waals surface area (Å²) in [7, 11) is -3.58. The van der Waals surface area contributed by atoms with Crippen LogP contribution in [0.3, 0.4) is 0 Å². The zero-order valence-corrected chi connectivity index (χ0v) is 11.2. The van der Waals surface area contributed by atoms with Gasteiger partial charge in [0.1, 0.15) is 11.4 Å². The molecule has 18 heavy (non-hydrogen) atoms. The average molecular weight is 292 g/mol. The van der Waals surface area contributed by atoms with Crippen molar-refractivity contribution >= 4 is 27.3 Å². The Balaban J connectivity index is 2.12. The van der Waals surface area contributed by atoms with Crippen LogP contribution in [-0.4, -0.2) is 32.0 Å². The molecule has 1 fully saturated rings. The van der Waals surface area contributed by atoms with Crippen LogP contribution in [0, 0.1) is 0 Å². The molecule has 1 atom stereocenters. The van der Waals surface area contributed by atoms with E-state index in [-0.39, 0.29) is 28.3 Å². The molecule has 7 heteroatoms. The van der Waals surface area contributed by atoms with E-state index in [4.69, 9.17) is 16.3 Å². The predicted octanol–water partition coefficient (Wildman–Crippen LogP) is 1.97. The van der Waals surface area contributed by atoms with Gasteiger partial charge in [-0.1, -0.05) is 17.7 Å². The number of hydrogen-bond acceptors (Lipinski definition) is 4. The van der Waals surface area contributed by atoms with Crippen LogP contribution < -0.4 is 4.72 Å². The number of sulfonamides is 1. The maximum absolute atomic E-state index is 11.9. The number of hydrogen-bond donors (Lipinski definition) is 2. The first kappa shape index (κ1) is 13.5. The topological polar surface area (TPSA) is 75.6 Å². The summed E-state index contributed by atoms with van der Waals surface area (Å²) in [5.74, 6) is -0.323. The van der Waals surface area contributed by atoms with Gasteiger partial charge in [0.25, 0.3) is 0 Å². The molecule has 0 amide bonds. The molecule has 0 bridgehead atoms. The standard InChI is InChI=1S/C11H14ClNO4S/c12-9-4-1-5-10(14)11(9)13-18(15,16)7-8-3-2-6-17-8/h1,4-5,8,13-14H,2-3,6-7H2. The Morgan fingerprint density at radius 1 is 1.50 bits per heavy atom. The van der Waals surface area contributed by atoms with Crippen molar-refractivity contribution in [3.63, 3.8) is 0 Å². The first-order valence-electron chi connectivity index (χ1n) is 5.57. The minimum atomic E-state index is -3.58. The van der Waals surface area contributed by atoms with Gasteiger partial charge in [-0.2, -0.15) is 0 Å². The number of halogens is 1. The summed E-state index contributed by atoms with van der Waals surface area (Å²) < 4.78 is 31.4. The molecule has 1 aliphatic heterocycles. The van der Waals surface area contributed by atoms with Crippen molar-refractivity contribution in [2.24, 2.45) is 0 Å². The van der Waals surface area contributed by atoms with Crippen LogP contribution in [-0.2, 0) is 14.8 Å². The second-order valence-electron chi connectivity index (χ2n) is 4.15. The van der Waals surface area contributed by atoms with Gasteiger partial charge < -0.3 is 9.84 Å². The third-order valence-electron chi connectivity index (χ3n) is 2.68. The quantitative estimate of drug-likeness (QED) is 0.832. The largest absolute Gasteiger partial charge is 0.506 e. The van der Waals surface area contributed by atoms with Crippen molar-refractivity contribution in [3.05, 3.63) is 23.2 Å². The smallest absolute Gasteiger partial charge is 0.235 e.